The zero-order chi connectivity index (χ0) is 24.7. The number of halogens is 3. The first-order valence-electron chi connectivity index (χ1n) is 9.53. The highest BCUT2D eigenvalue weighted by Crippen LogP contribution is 2.25. The summed E-state index contributed by atoms with van der Waals surface area (Å²) >= 11 is 0. The highest BCUT2D eigenvalue weighted by atomic mass is 32.2. The van der Waals surface area contributed by atoms with Crippen LogP contribution in [0.3, 0.4) is 0 Å². The fourth-order valence-corrected chi connectivity index (χ4v) is 3.80. The predicted octanol–water partition coefficient (Wildman–Crippen LogP) is 4.02. The SMILES string of the molecule is O=C(COC(=O)c1cccc(S(=O)(=O)Nc2ccc(F)cc2)c1)Nc1ccccc1OC(F)F. The van der Waals surface area contributed by atoms with Crippen LogP contribution in [0.4, 0.5) is 24.5 Å². The molecule has 0 aromatic heterocycles. The number of anilines is 2. The van der Waals surface area contributed by atoms with Gasteiger partial charge in [-0.25, -0.2) is 17.6 Å². The van der Waals surface area contributed by atoms with Crippen molar-refractivity contribution in [2.75, 3.05) is 16.6 Å². The van der Waals surface area contributed by atoms with Gasteiger partial charge in [-0.1, -0.05) is 18.2 Å². The van der Waals surface area contributed by atoms with Gasteiger partial charge >= 0.3 is 12.6 Å². The Morgan fingerprint density at radius 1 is 0.941 bits per heavy atom. The zero-order valence-electron chi connectivity index (χ0n) is 17.2. The Bertz CT molecular complexity index is 1280. The smallest absolute Gasteiger partial charge is 0.387 e. The molecule has 0 aliphatic rings. The number of hydrogen-bond donors (Lipinski definition) is 2. The van der Waals surface area contributed by atoms with E-state index in [1.807, 2.05) is 0 Å². The molecule has 0 radical (unpaired) electrons. The minimum absolute atomic E-state index is 0.0520. The van der Waals surface area contributed by atoms with E-state index >= 15 is 0 Å². The van der Waals surface area contributed by atoms with Crippen molar-refractivity contribution in [3.8, 4) is 5.75 Å². The van der Waals surface area contributed by atoms with E-state index in [1.54, 1.807) is 0 Å². The Balaban J connectivity index is 1.63. The number of amides is 1. The molecule has 3 rings (SSSR count). The second-order valence-corrected chi connectivity index (χ2v) is 8.32. The van der Waals surface area contributed by atoms with Gasteiger partial charge in [-0.2, -0.15) is 8.78 Å². The van der Waals surface area contributed by atoms with Crippen LogP contribution in [-0.4, -0.2) is 33.5 Å². The molecule has 2 N–H and O–H groups in total. The van der Waals surface area contributed by atoms with Crippen molar-refractivity contribution in [2.24, 2.45) is 0 Å². The summed E-state index contributed by atoms with van der Waals surface area (Å²) < 4.78 is 74.5. The molecular formula is C22H17F3N2O6S. The van der Waals surface area contributed by atoms with Gasteiger partial charge in [0.15, 0.2) is 6.61 Å². The lowest BCUT2D eigenvalue weighted by atomic mass is 10.2. The van der Waals surface area contributed by atoms with Crippen LogP contribution in [-0.2, 0) is 19.6 Å². The molecule has 0 unspecified atom stereocenters. The van der Waals surface area contributed by atoms with Crippen molar-refractivity contribution in [3.05, 3.63) is 84.2 Å². The summed E-state index contributed by atoms with van der Waals surface area (Å²) in [5.74, 6) is -2.64. The van der Waals surface area contributed by atoms with E-state index in [0.29, 0.717) is 0 Å². The van der Waals surface area contributed by atoms with Crippen LogP contribution in [0.25, 0.3) is 0 Å². The van der Waals surface area contributed by atoms with Gasteiger partial charge in [0.2, 0.25) is 0 Å². The van der Waals surface area contributed by atoms with Crippen LogP contribution in [0, 0.1) is 5.82 Å². The average molecular weight is 494 g/mol. The van der Waals surface area contributed by atoms with Gasteiger partial charge in [0, 0.05) is 5.69 Å². The first-order valence-corrected chi connectivity index (χ1v) is 11.0. The second-order valence-electron chi connectivity index (χ2n) is 6.64. The number of rotatable bonds is 9. The number of ether oxygens (including phenoxy) is 2. The molecule has 0 atom stereocenters. The Morgan fingerprint density at radius 2 is 1.65 bits per heavy atom. The lowest BCUT2D eigenvalue weighted by Gasteiger charge is -2.12. The third-order valence-electron chi connectivity index (χ3n) is 4.19. The van der Waals surface area contributed by atoms with E-state index in [2.05, 4.69) is 14.8 Å². The molecule has 0 spiro atoms. The Hall–Kier alpha value is -4.06. The average Bonchev–Trinajstić information content (AvgIpc) is 2.80. The minimum atomic E-state index is -4.10. The Kier molecular flexibility index (Phi) is 7.74. The van der Waals surface area contributed by atoms with Gasteiger partial charge in [0.1, 0.15) is 11.6 Å². The fourth-order valence-electron chi connectivity index (χ4n) is 2.69. The molecule has 34 heavy (non-hydrogen) atoms. The van der Waals surface area contributed by atoms with E-state index < -0.39 is 40.9 Å². The lowest BCUT2D eigenvalue weighted by Crippen LogP contribution is -2.21. The molecule has 0 fully saturated rings. The summed E-state index contributed by atoms with van der Waals surface area (Å²) in [4.78, 5) is 24.1. The van der Waals surface area contributed by atoms with E-state index in [1.165, 1.54) is 54.6 Å². The number of carbonyl (C=O) groups is 2. The summed E-state index contributed by atoms with van der Waals surface area (Å²) in [6.45, 7) is -3.87. The van der Waals surface area contributed by atoms with Crippen LogP contribution >= 0.6 is 0 Å². The molecule has 0 aliphatic carbocycles. The van der Waals surface area contributed by atoms with Crippen LogP contribution in [0.2, 0.25) is 0 Å². The number of alkyl halides is 2. The van der Waals surface area contributed by atoms with Crippen molar-refractivity contribution >= 4 is 33.3 Å². The van der Waals surface area contributed by atoms with Gasteiger partial charge in [-0.05, 0) is 54.6 Å². The number of esters is 1. The van der Waals surface area contributed by atoms with Crippen molar-refractivity contribution < 1.29 is 40.7 Å². The third kappa shape index (κ3) is 6.72. The van der Waals surface area contributed by atoms with E-state index in [0.717, 1.165) is 18.2 Å². The standard InChI is InChI=1S/C22H17F3N2O6S/c23-15-8-10-16(11-9-15)27-34(30,31)17-5-3-4-14(12-17)21(29)32-13-20(28)26-18-6-1-2-7-19(18)33-22(24)25/h1-12,22,27H,13H2,(H,26,28). The summed E-state index contributed by atoms with van der Waals surface area (Å²) in [6.07, 6.45) is 0. The number of benzene rings is 3. The molecule has 0 aliphatic heterocycles. The predicted molar refractivity (Wildman–Crippen MR) is 116 cm³/mol. The molecule has 12 heteroatoms. The summed E-state index contributed by atoms with van der Waals surface area (Å²) in [5.41, 5.74) is -0.0952. The summed E-state index contributed by atoms with van der Waals surface area (Å²) in [6, 6.07) is 14.9. The Morgan fingerprint density at radius 3 is 2.35 bits per heavy atom. The number of para-hydroxylation sites is 2. The zero-order valence-corrected chi connectivity index (χ0v) is 18.0. The van der Waals surface area contributed by atoms with E-state index in [9.17, 15) is 31.2 Å². The van der Waals surface area contributed by atoms with Gasteiger partial charge in [-0.15, -0.1) is 0 Å². The summed E-state index contributed by atoms with van der Waals surface area (Å²) in [5, 5.41) is 2.28. The van der Waals surface area contributed by atoms with E-state index in [-0.39, 0.29) is 27.6 Å². The highest BCUT2D eigenvalue weighted by molar-refractivity contribution is 7.92. The first-order chi connectivity index (χ1) is 16.1. The minimum Gasteiger partial charge on any atom is -0.452 e. The van der Waals surface area contributed by atoms with Gasteiger partial charge < -0.3 is 14.8 Å². The third-order valence-corrected chi connectivity index (χ3v) is 5.57. The van der Waals surface area contributed by atoms with Crippen molar-refractivity contribution in [2.45, 2.75) is 11.5 Å². The number of nitrogens with one attached hydrogen (secondary N) is 2. The van der Waals surface area contributed by atoms with Crippen LogP contribution in [0.1, 0.15) is 10.4 Å². The van der Waals surface area contributed by atoms with E-state index in [4.69, 9.17) is 4.74 Å². The molecule has 3 aromatic carbocycles. The van der Waals surface area contributed by atoms with Gasteiger partial charge in [0.05, 0.1) is 16.1 Å². The van der Waals surface area contributed by atoms with Crippen LogP contribution in [0.15, 0.2) is 77.7 Å². The summed E-state index contributed by atoms with van der Waals surface area (Å²) in [7, 11) is -4.10. The quantitative estimate of drug-likeness (QED) is 0.435. The Labute approximate surface area is 192 Å². The molecule has 8 nitrogen and oxygen atoms in total. The molecule has 3 aromatic rings. The fraction of sp³-hybridized carbons (Fsp3) is 0.0909. The second kappa shape index (κ2) is 10.7. The van der Waals surface area contributed by atoms with Crippen LogP contribution in [0.5, 0.6) is 5.75 Å². The lowest BCUT2D eigenvalue weighted by molar-refractivity contribution is -0.119. The molecule has 178 valence electrons. The highest BCUT2D eigenvalue weighted by Gasteiger charge is 2.18. The molecular weight excluding hydrogens is 477 g/mol. The molecule has 0 bridgehead atoms. The maximum Gasteiger partial charge on any atom is 0.387 e. The number of sulfonamides is 1. The maximum atomic E-state index is 13.0. The normalized spacial score (nSPS) is 11.1. The van der Waals surface area contributed by atoms with Gasteiger partial charge in [0.25, 0.3) is 15.9 Å². The van der Waals surface area contributed by atoms with Gasteiger partial charge in [-0.3, -0.25) is 9.52 Å². The van der Waals surface area contributed by atoms with Crippen molar-refractivity contribution in [1.82, 2.24) is 0 Å². The topological polar surface area (TPSA) is 111 Å². The van der Waals surface area contributed by atoms with Crippen molar-refractivity contribution in [1.29, 1.82) is 0 Å². The van der Waals surface area contributed by atoms with Crippen LogP contribution < -0.4 is 14.8 Å². The maximum absolute atomic E-state index is 13.0. The molecule has 0 heterocycles. The largest absolute Gasteiger partial charge is 0.452 e. The monoisotopic (exact) mass is 494 g/mol. The molecule has 0 saturated heterocycles. The molecule has 0 saturated carbocycles. The number of carbonyl (C=O) groups excluding carboxylic acids is 2. The first kappa shape index (κ1) is 24.6. The van der Waals surface area contributed by atoms with Crippen molar-refractivity contribution in [3.63, 3.8) is 0 Å². The number of hydrogen-bond acceptors (Lipinski definition) is 6. The molecule has 1 amide bonds.